The third-order valence-corrected chi connectivity index (χ3v) is 4.19. The number of nitrogens with zero attached hydrogens (tertiary/aromatic N) is 2. The molecule has 1 heterocycles. The summed E-state index contributed by atoms with van der Waals surface area (Å²) in [6.45, 7) is 0.551. The van der Waals surface area contributed by atoms with E-state index >= 15 is 0 Å². The molecule has 1 amide bonds. The maximum Gasteiger partial charge on any atom is 0.282 e. The zero-order valence-corrected chi connectivity index (χ0v) is 14.3. The molecule has 26 heavy (non-hydrogen) atoms. The number of amides is 1. The van der Waals surface area contributed by atoms with Gasteiger partial charge in [0.2, 0.25) is 5.91 Å². The van der Waals surface area contributed by atoms with E-state index in [-0.39, 0.29) is 24.4 Å². The first-order valence-electron chi connectivity index (χ1n) is 8.46. The lowest BCUT2D eigenvalue weighted by molar-refractivity contribution is -0.115. The van der Waals surface area contributed by atoms with Gasteiger partial charge in [0.1, 0.15) is 6.61 Å². The minimum atomic E-state index is -0.0876. The van der Waals surface area contributed by atoms with Gasteiger partial charge < -0.3 is 15.8 Å². The first-order chi connectivity index (χ1) is 12.6. The number of hydrogen-bond donors (Lipinski definition) is 2. The van der Waals surface area contributed by atoms with Gasteiger partial charge in [-0.15, -0.1) is 0 Å². The summed E-state index contributed by atoms with van der Waals surface area (Å²) >= 11 is 0. The molecule has 1 unspecified atom stereocenters. The van der Waals surface area contributed by atoms with Gasteiger partial charge in [0.05, 0.1) is 24.1 Å². The Hall–Kier alpha value is -3.33. The first kappa shape index (κ1) is 17.5. The Bertz CT molecular complexity index is 836. The molecule has 0 spiro atoms. The van der Waals surface area contributed by atoms with Crippen molar-refractivity contribution in [3.05, 3.63) is 65.2 Å². The van der Waals surface area contributed by atoms with E-state index in [0.717, 1.165) is 24.1 Å². The average Bonchev–Trinajstić information content (AvgIpc) is 3.07. The minimum Gasteiger partial charge on any atom is -0.463 e. The van der Waals surface area contributed by atoms with E-state index in [4.69, 9.17) is 15.7 Å². The van der Waals surface area contributed by atoms with Gasteiger partial charge in [-0.25, -0.2) is 4.99 Å². The van der Waals surface area contributed by atoms with Gasteiger partial charge in [-0.05, 0) is 48.2 Å². The summed E-state index contributed by atoms with van der Waals surface area (Å²) in [5.41, 5.74) is 8.90. The molecule has 0 aliphatic carbocycles. The van der Waals surface area contributed by atoms with Crippen molar-refractivity contribution in [1.82, 2.24) is 0 Å². The monoisotopic (exact) mass is 348 g/mol. The highest BCUT2D eigenvalue weighted by molar-refractivity contribution is 5.92. The molecular weight excluding hydrogens is 328 g/mol. The summed E-state index contributed by atoms with van der Waals surface area (Å²) in [6.07, 6.45) is 2.03. The molecule has 3 N–H and O–H groups in total. The predicted octanol–water partition coefficient (Wildman–Crippen LogP) is 2.39. The molecule has 2 aromatic rings. The van der Waals surface area contributed by atoms with E-state index in [1.807, 2.05) is 24.3 Å². The van der Waals surface area contributed by atoms with Crippen LogP contribution in [0.15, 0.2) is 53.5 Å². The standard InChI is InChI=1S/C20H20N4O2/c21-12-16-3-1-15(2-4-16)11-19(25)23-17-8-5-14(6-9-17)7-10-18-13-26-20(22)24-18/h1-6,8-9,18H,7,10-11,13H2,(H2,22,24)(H,23,25). The fourth-order valence-electron chi connectivity index (χ4n) is 2.76. The molecule has 3 rings (SSSR count). The number of aliphatic imine (C=N–C) groups is 1. The smallest absolute Gasteiger partial charge is 0.282 e. The summed E-state index contributed by atoms with van der Waals surface area (Å²) in [7, 11) is 0. The van der Waals surface area contributed by atoms with E-state index in [1.54, 1.807) is 24.3 Å². The summed E-state index contributed by atoms with van der Waals surface area (Å²) in [5, 5.41) is 11.7. The van der Waals surface area contributed by atoms with Crippen LogP contribution in [0.25, 0.3) is 0 Å². The van der Waals surface area contributed by atoms with Gasteiger partial charge in [-0.2, -0.15) is 5.26 Å². The minimum absolute atomic E-state index is 0.0876. The van der Waals surface area contributed by atoms with E-state index in [0.29, 0.717) is 12.2 Å². The van der Waals surface area contributed by atoms with Crippen molar-refractivity contribution in [3.63, 3.8) is 0 Å². The number of nitriles is 1. The lowest BCUT2D eigenvalue weighted by atomic mass is 10.1. The van der Waals surface area contributed by atoms with Crippen LogP contribution in [-0.2, 0) is 22.4 Å². The van der Waals surface area contributed by atoms with Crippen molar-refractivity contribution in [2.45, 2.75) is 25.3 Å². The Balaban J connectivity index is 1.48. The topological polar surface area (TPSA) is 100 Å². The maximum atomic E-state index is 12.1. The number of benzene rings is 2. The zero-order chi connectivity index (χ0) is 18.4. The fourth-order valence-corrected chi connectivity index (χ4v) is 2.76. The second-order valence-electron chi connectivity index (χ2n) is 6.20. The normalized spacial score (nSPS) is 15.7. The van der Waals surface area contributed by atoms with Crippen LogP contribution in [0.2, 0.25) is 0 Å². The fraction of sp³-hybridized carbons (Fsp3) is 0.250. The Labute approximate surface area is 152 Å². The second-order valence-corrected chi connectivity index (χ2v) is 6.20. The van der Waals surface area contributed by atoms with E-state index < -0.39 is 0 Å². The molecule has 132 valence electrons. The highest BCUT2D eigenvalue weighted by Gasteiger charge is 2.16. The Morgan fingerprint density at radius 3 is 2.50 bits per heavy atom. The third-order valence-electron chi connectivity index (χ3n) is 4.19. The van der Waals surface area contributed by atoms with Gasteiger partial charge >= 0.3 is 0 Å². The van der Waals surface area contributed by atoms with Crippen LogP contribution in [0, 0.1) is 11.3 Å². The number of nitrogens with two attached hydrogens (primary N) is 1. The molecule has 6 heteroatoms. The molecule has 0 saturated carbocycles. The highest BCUT2D eigenvalue weighted by Crippen LogP contribution is 2.15. The number of rotatable bonds is 6. The molecule has 0 radical (unpaired) electrons. The highest BCUT2D eigenvalue weighted by atomic mass is 16.5. The van der Waals surface area contributed by atoms with Crippen molar-refractivity contribution in [1.29, 1.82) is 5.26 Å². The van der Waals surface area contributed by atoms with Gasteiger partial charge in [-0.3, -0.25) is 4.79 Å². The van der Waals surface area contributed by atoms with E-state index in [2.05, 4.69) is 16.4 Å². The Morgan fingerprint density at radius 1 is 1.19 bits per heavy atom. The summed E-state index contributed by atoms with van der Waals surface area (Å²) < 4.78 is 5.14. The van der Waals surface area contributed by atoms with Crippen molar-refractivity contribution in [2.75, 3.05) is 11.9 Å². The number of nitrogens with one attached hydrogen (secondary N) is 1. The lowest BCUT2D eigenvalue weighted by Gasteiger charge is -2.08. The molecular formula is C20H20N4O2. The van der Waals surface area contributed by atoms with Gasteiger partial charge in [0.15, 0.2) is 0 Å². The van der Waals surface area contributed by atoms with Crippen LogP contribution in [0.3, 0.4) is 0 Å². The number of carbonyl (C=O) groups excluding carboxylic acids is 1. The van der Waals surface area contributed by atoms with Crippen LogP contribution in [0.5, 0.6) is 0 Å². The SMILES string of the molecule is N#Cc1ccc(CC(=O)Nc2ccc(CCC3COC(N)=N3)cc2)cc1. The largest absolute Gasteiger partial charge is 0.463 e. The van der Waals surface area contributed by atoms with Crippen LogP contribution in [-0.4, -0.2) is 24.6 Å². The summed E-state index contributed by atoms with van der Waals surface area (Å²) in [5.74, 6) is -0.0876. The van der Waals surface area contributed by atoms with Crippen molar-refractivity contribution in [2.24, 2.45) is 10.7 Å². The number of aryl methyl sites for hydroxylation is 1. The molecule has 2 aromatic carbocycles. The summed E-state index contributed by atoms with van der Waals surface area (Å²) in [4.78, 5) is 16.3. The van der Waals surface area contributed by atoms with Crippen LogP contribution >= 0.6 is 0 Å². The molecule has 0 bridgehead atoms. The van der Waals surface area contributed by atoms with Crippen LogP contribution in [0.4, 0.5) is 5.69 Å². The van der Waals surface area contributed by atoms with Gasteiger partial charge in [0.25, 0.3) is 6.02 Å². The van der Waals surface area contributed by atoms with Crippen LogP contribution in [0.1, 0.15) is 23.1 Å². The van der Waals surface area contributed by atoms with E-state index in [9.17, 15) is 4.79 Å². The molecule has 0 saturated heterocycles. The number of ether oxygens (including phenoxy) is 1. The number of amidine groups is 1. The average molecular weight is 348 g/mol. The van der Waals surface area contributed by atoms with Crippen molar-refractivity contribution in [3.8, 4) is 6.07 Å². The molecule has 0 fully saturated rings. The Kier molecular flexibility index (Phi) is 5.49. The van der Waals surface area contributed by atoms with Crippen molar-refractivity contribution >= 4 is 17.6 Å². The quantitative estimate of drug-likeness (QED) is 0.837. The number of carbonyl (C=O) groups is 1. The molecule has 1 aliphatic heterocycles. The first-order valence-corrected chi connectivity index (χ1v) is 8.46. The van der Waals surface area contributed by atoms with E-state index in [1.165, 1.54) is 5.56 Å². The molecule has 1 atom stereocenters. The summed E-state index contributed by atoms with van der Waals surface area (Å²) in [6, 6.07) is 17.3. The Morgan fingerprint density at radius 2 is 1.88 bits per heavy atom. The maximum absolute atomic E-state index is 12.1. The number of anilines is 1. The second kappa shape index (κ2) is 8.17. The molecule has 6 nitrogen and oxygen atoms in total. The third kappa shape index (κ3) is 4.84. The van der Waals surface area contributed by atoms with Gasteiger partial charge in [0, 0.05) is 5.69 Å². The lowest BCUT2D eigenvalue weighted by Crippen LogP contribution is -2.14. The molecule has 0 aromatic heterocycles. The predicted molar refractivity (Wildman–Crippen MR) is 99.6 cm³/mol. The van der Waals surface area contributed by atoms with Gasteiger partial charge in [-0.1, -0.05) is 24.3 Å². The zero-order valence-electron chi connectivity index (χ0n) is 14.3. The number of hydrogen-bond acceptors (Lipinski definition) is 5. The van der Waals surface area contributed by atoms with Crippen molar-refractivity contribution < 1.29 is 9.53 Å². The molecule has 1 aliphatic rings. The van der Waals surface area contributed by atoms with Crippen LogP contribution < -0.4 is 11.1 Å².